The van der Waals surface area contributed by atoms with Crippen molar-refractivity contribution in [3.05, 3.63) is 11.6 Å². The van der Waals surface area contributed by atoms with Gasteiger partial charge in [-0.1, -0.05) is 53.2 Å². The van der Waals surface area contributed by atoms with Crippen LogP contribution in [0.1, 0.15) is 113 Å². The summed E-state index contributed by atoms with van der Waals surface area (Å²) in [6.07, 6.45) is -20.8. The van der Waals surface area contributed by atoms with Crippen LogP contribution in [0.2, 0.25) is 0 Å². The quantitative estimate of drug-likeness (QED) is 0.0643. The summed E-state index contributed by atoms with van der Waals surface area (Å²) in [6.45, 7) is 13.2. The third-order valence-corrected chi connectivity index (χ3v) is 21.1. The molecule has 0 aromatic heterocycles. The van der Waals surface area contributed by atoms with Crippen molar-refractivity contribution >= 4 is 5.97 Å². The first kappa shape index (κ1) is 58.1. The van der Waals surface area contributed by atoms with Crippen LogP contribution in [0.25, 0.3) is 0 Å². The minimum atomic E-state index is -1.84. The third-order valence-electron chi connectivity index (χ3n) is 21.1. The lowest BCUT2D eigenvalue weighted by Crippen LogP contribution is -2.67. The number of fused-ring (bicyclic) bond motifs is 7. The zero-order chi connectivity index (χ0) is 54.7. The van der Waals surface area contributed by atoms with Gasteiger partial charge in [0, 0.05) is 5.41 Å². The number of hydrogen-bond donors (Lipinski definition) is 13. The van der Waals surface area contributed by atoms with Crippen LogP contribution in [0.3, 0.4) is 0 Å². The minimum absolute atomic E-state index is 0.0432. The summed E-state index contributed by atoms with van der Waals surface area (Å²) in [5.41, 5.74) is -1.70. The maximum Gasteiger partial charge on any atom is 0.315 e. The van der Waals surface area contributed by atoms with E-state index in [1.165, 1.54) is 12.5 Å². The Morgan fingerprint density at radius 2 is 1.27 bits per heavy atom. The molecule has 0 aromatic carbocycles. The number of aliphatic hydroxyl groups is 13. The number of aliphatic hydroxyl groups excluding tert-OH is 13. The van der Waals surface area contributed by atoms with Gasteiger partial charge in [-0.05, 0) is 111 Å². The van der Waals surface area contributed by atoms with Gasteiger partial charge >= 0.3 is 5.97 Å². The summed E-state index contributed by atoms with van der Waals surface area (Å²) in [6, 6.07) is 0. The monoisotopic (exact) mass is 1070 g/mol. The molecular weight excluding hydrogens is 989 g/mol. The second-order valence-corrected chi connectivity index (χ2v) is 25.7. The molecule has 9 aliphatic rings. The molecule has 28 atom stereocenters. The first-order valence-corrected chi connectivity index (χ1v) is 27.3. The Kier molecular flexibility index (Phi) is 16.3. The van der Waals surface area contributed by atoms with Crippen molar-refractivity contribution in [1.29, 1.82) is 0 Å². The van der Waals surface area contributed by atoms with Gasteiger partial charge < -0.3 is 104 Å². The Bertz CT molecular complexity index is 2060. The number of esters is 1. The van der Waals surface area contributed by atoms with Gasteiger partial charge in [-0.25, -0.2) is 0 Å². The summed E-state index contributed by atoms with van der Waals surface area (Å²) in [5.74, 6) is -0.732. The molecule has 4 heterocycles. The number of hydrogen-bond acceptors (Lipinski definition) is 22. The molecule has 13 N–H and O–H groups in total. The van der Waals surface area contributed by atoms with E-state index < -0.39 is 153 Å². The fourth-order valence-corrected chi connectivity index (χ4v) is 16.1. The van der Waals surface area contributed by atoms with Crippen LogP contribution in [-0.4, -0.2) is 222 Å². The average molecular weight is 1080 g/mol. The molecule has 0 bridgehead atoms. The van der Waals surface area contributed by atoms with Crippen LogP contribution in [-0.2, 0) is 42.7 Å². The van der Waals surface area contributed by atoms with Crippen molar-refractivity contribution in [3.63, 3.8) is 0 Å². The van der Waals surface area contributed by atoms with E-state index in [-0.39, 0.29) is 52.6 Å². The van der Waals surface area contributed by atoms with Crippen LogP contribution in [0.15, 0.2) is 11.6 Å². The maximum atomic E-state index is 15.1. The normalized spacial score (nSPS) is 54.8. The molecule has 430 valence electrons. The largest absolute Gasteiger partial charge is 0.432 e. The fourth-order valence-electron chi connectivity index (χ4n) is 16.1. The number of carbonyl (C=O) groups excluding carboxylic acids is 1. The van der Waals surface area contributed by atoms with Crippen LogP contribution >= 0.6 is 0 Å². The molecule has 75 heavy (non-hydrogen) atoms. The Morgan fingerprint density at radius 1 is 0.640 bits per heavy atom. The average Bonchev–Trinajstić information content (AvgIpc) is 3.37. The topological polar surface area (TPSA) is 354 Å². The molecule has 0 aromatic rings. The Balaban J connectivity index is 0.931. The van der Waals surface area contributed by atoms with E-state index in [9.17, 15) is 66.4 Å². The van der Waals surface area contributed by atoms with Crippen molar-refractivity contribution in [2.75, 3.05) is 26.4 Å². The van der Waals surface area contributed by atoms with Gasteiger partial charge in [-0.3, -0.25) is 4.79 Å². The van der Waals surface area contributed by atoms with Crippen LogP contribution in [0.5, 0.6) is 0 Å². The summed E-state index contributed by atoms with van der Waals surface area (Å²) >= 11 is 0. The predicted octanol–water partition coefficient (Wildman–Crippen LogP) is -1.40. The van der Waals surface area contributed by atoms with Crippen molar-refractivity contribution < 1.29 is 109 Å². The Labute approximate surface area is 437 Å². The van der Waals surface area contributed by atoms with Gasteiger partial charge in [0.25, 0.3) is 0 Å². The molecule has 4 saturated carbocycles. The van der Waals surface area contributed by atoms with E-state index in [1.54, 1.807) is 0 Å². The smallest absolute Gasteiger partial charge is 0.315 e. The fraction of sp³-hybridized carbons (Fsp3) is 0.943. The third kappa shape index (κ3) is 9.50. The predicted molar refractivity (Wildman–Crippen MR) is 257 cm³/mol. The molecule has 4 aliphatic heterocycles. The number of carbonyl (C=O) groups is 1. The lowest BCUT2D eigenvalue weighted by molar-refractivity contribution is -0.365. The first-order chi connectivity index (χ1) is 35.1. The highest BCUT2D eigenvalue weighted by molar-refractivity contribution is 5.79. The van der Waals surface area contributed by atoms with Crippen LogP contribution in [0, 0.1) is 50.2 Å². The van der Waals surface area contributed by atoms with Gasteiger partial charge in [0.1, 0.15) is 85.5 Å². The number of allylic oxidation sites excluding steroid dienone is 2. The van der Waals surface area contributed by atoms with E-state index >= 15 is 4.79 Å². The van der Waals surface area contributed by atoms with Crippen molar-refractivity contribution in [3.8, 4) is 0 Å². The second-order valence-electron chi connectivity index (χ2n) is 25.7. The molecule has 0 spiro atoms. The number of rotatable bonds is 11. The molecule has 9 rings (SSSR count). The Hall–Kier alpha value is -1.59. The molecule has 4 saturated heterocycles. The van der Waals surface area contributed by atoms with Crippen LogP contribution in [0.4, 0.5) is 0 Å². The molecule has 22 heteroatoms. The first-order valence-electron chi connectivity index (χ1n) is 27.3. The van der Waals surface area contributed by atoms with Crippen LogP contribution < -0.4 is 0 Å². The van der Waals surface area contributed by atoms with Gasteiger partial charge in [-0.15, -0.1) is 0 Å². The van der Waals surface area contributed by atoms with Crippen molar-refractivity contribution in [2.24, 2.45) is 50.2 Å². The van der Waals surface area contributed by atoms with E-state index in [4.69, 9.17) is 37.9 Å². The lowest BCUT2D eigenvalue weighted by Gasteiger charge is -2.71. The lowest BCUT2D eigenvalue weighted by atomic mass is 9.33. The molecule has 0 unspecified atom stereocenters. The zero-order valence-electron chi connectivity index (χ0n) is 44.2. The van der Waals surface area contributed by atoms with Crippen molar-refractivity contribution in [1.82, 2.24) is 0 Å². The summed E-state index contributed by atoms with van der Waals surface area (Å²) in [7, 11) is 0. The van der Waals surface area contributed by atoms with Gasteiger partial charge in [0.2, 0.25) is 6.29 Å². The number of ether oxygens (including phenoxy) is 8. The van der Waals surface area contributed by atoms with Gasteiger partial charge in [0.05, 0.1) is 44.1 Å². The highest BCUT2D eigenvalue weighted by Gasteiger charge is 2.71. The van der Waals surface area contributed by atoms with E-state index in [0.29, 0.717) is 38.5 Å². The summed E-state index contributed by atoms with van der Waals surface area (Å²) in [5, 5.41) is 139. The van der Waals surface area contributed by atoms with E-state index in [2.05, 4.69) is 40.7 Å². The van der Waals surface area contributed by atoms with Crippen molar-refractivity contribution in [2.45, 2.75) is 235 Å². The van der Waals surface area contributed by atoms with Gasteiger partial charge in [0.15, 0.2) is 18.9 Å². The summed E-state index contributed by atoms with van der Waals surface area (Å²) in [4.78, 5) is 15.1. The highest BCUT2D eigenvalue weighted by atomic mass is 16.8. The summed E-state index contributed by atoms with van der Waals surface area (Å²) < 4.78 is 47.6. The Morgan fingerprint density at radius 3 is 1.95 bits per heavy atom. The second kappa shape index (κ2) is 21.1. The molecular formula is C53H86O22. The van der Waals surface area contributed by atoms with Gasteiger partial charge in [-0.2, -0.15) is 0 Å². The van der Waals surface area contributed by atoms with E-state index in [1.807, 2.05) is 6.92 Å². The maximum absolute atomic E-state index is 15.1. The van der Waals surface area contributed by atoms with E-state index in [0.717, 1.165) is 25.7 Å². The zero-order valence-corrected chi connectivity index (χ0v) is 44.2. The molecule has 5 aliphatic carbocycles. The standard InChI is InChI=1S/C53H86O22/c1-23-32(57)36(61)40(65)44(70-23)74-42-33(58)26(56)20-68-46(42)73-31-11-12-49(4)29(50(31,5)22-55)10-13-52(7)30(49)9-8-24-25-18-48(2,3)14-16-53(25,17-15-51(24,52)6)47(67)75-45-41(66)38(63)35(60)28(72-45)21-69-43-39(64)37(62)34(59)27(19-54)71-43/h8,23,25-46,54-66H,9-22H2,1-7H3/t23-,25+,26-,27-,28-,29-,30+,31-,32+,33-,34-,35-,36+,37-,38-,39-,40+,41-,42-,43+,44-,45-,46+,49+,50+,51-,52-,53+/m1/s1. The minimum Gasteiger partial charge on any atom is -0.432 e. The molecule has 0 amide bonds. The SMILES string of the molecule is C[C@H]1O[C@H](O[C@H]2[C@H](O[C@@H]3CC[C@@]4(C)[C@@H](CC[C@]5(C)[C@H]4CC=C4[C@@H]6CC(C)(C)CC[C@]6(C(=O)O[C@H]6O[C@H](CO[C@H]7O[C@H](CO)[C@@H](O)[C@@H](O)[C@H]7O)[C@@H](O)[C@@H](O)[C@H]6O)CC[C@]45C)[C@]3(C)CO)OC[C@@H](O)[C@H]2O)[C@@H](O)[C@@H](O)[C@H]1O. The highest BCUT2D eigenvalue weighted by Crippen LogP contribution is 2.76. The molecule has 0 radical (unpaired) electrons. The molecule has 22 nitrogen and oxygen atoms in total. The molecule has 8 fully saturated rings.